The molecule has 0 spiro atoms. The SMILES string of the molecule is O=C(c1cccs1)c1cccc2cnccc12. The lowest BCUT2D eigenvalue weighted by Gasteiger charge is -2.03. The fourth-order valence-electron chi connectivity index (χ4n) is 1.86. The zero-order valence-corrected chi connectivity index (χ0v) is 9.78. The molecule has 2 heterocycles. The predicted molar refractivity (Wildman–Crippen MR) is 69.5 cm³/mol. The van der Waals surface area contributed by atoms with Crippen molar-refractivity contribution in [3.8, 4) is 0 Å². The van der Waals surface area contributed by atoms with Crippen molar-refractivity contribution < 1.29 is 4.79 Å². The normalized spacial score (nSPS) is 10.6. The largest absolute Gasteiger partial charge is 0.288 e. The Morgan fingerprint density at radius 1 is 1.12 bits per heavy atom. The summed E-state index contributed by atoms with van der Waals surface area (Å²) in [7, 11) is 0. The summed E-state index contributed by atoms with van der Waals surface area (Å²) in [5.41, 5.74) is 0.743. The number of pyridine rings is 1. The number of carbonyl (C=O) groups is 1. The molecule has 0 atom stereocenters. The van der Waals surface area contributed by atoms with E-state index in [4.69, 9.17) is 0 Å². The molecule has 0 bridgehead atoms. The van der Waals surface area contributed by atoms with E-state index < -0.39 is 0 Å². The first-order valence-electron chi connectivity index (χ1n) is 5.27. The van der Waals surface area contributed by atoms with Crippen LogP contribution < -0.4 is 0 Å². The third kappa shape index (κ3) is 1.74. The van der Waals surface area contributed by atoms with Gasteiger partial charge in [-0.3, -0.25) is 9.78 Å². The molecular formula is C14H9NOS. The van der Waals surface area contributed by atoms with Gasteiger partial charge < -0.3 is 0 Å². The van der Waals surface area contributed by atoms with Gasteiger partial charge >= 0.3 is 0 Å². The number of carbonyl (C=O) groups excluding carboxylic acids is 1. The minimum atomic E-state index is 0.0804. The average molecular weight is 239 g/mol. The monoisotopic (exact) mass is 239 g/mol. The molecular weight excluding hydrogens is 230 g/mol. The van der Waals surface area contributed by atoms with Crippen LogP contribution >= 0.6 is 11.3 Å². The molecule has 0 fully saturated rings. The zero-order valence-electron chi connectivity index (χ0n) is 8.96. The summed E-state index contributed by atoms with van der Waals surface area (Å²) in [5.74, 6) is 0.0804. The molecule has 0 aliphatic carbocycles. The highest BCUT2D eigenvalue weighted by Crippen LogP contribution is 2.22. The second-order valence-electron chi connectivity index (χ2n) is 3.71. The lowest BCUT2D eigenvalue weighted by atomic mass is 10.0. The molecule has 82 valence electrons. The highest BCUT2D eigenvalue weighted by molar-refractivity contribution is 7.12. The van der Waals surface area contributed by atoms with E-state index in [0.29, 0.717) is 0 Å². The maximum atomic E-state index is 12.3. The molecule has 0 saturated heterocycles. The van der Waals surface area contributed by atoms with Crippen LogP contribution in [0.5, 0.6) is 0 Å². The van der Waals surface area contributed by atoms with Gasteiger partial charge in [-0.2, -0.15) is 0 Å². The summed E-state index contributed by atoms with van der Waals surface area (Å²) in [5, 5.41) is 3.87. The summed E-state index contributed by atoms with van der Waals surface area (Å²) in [4.78, 5) is 17.2. The Balaban J connectivity index is 2.21. The minimum Gasteiger partial charge on any atom is -0.288 e. The fourth-order valence-corrected chi connectivity index (χ4v) is 2.54. The van der Waals surface area contributed by atoms with E-state index in [-0.39, 0.29) is 5.78 Å². The Morgan fingerprint density at radius 2 is 2.06 bits per heavy atom. The summed E-state index contributed by atoms with van der Waals surface area (Å²) in [6, 6.07) is 11.4. The van der Waals surface area contributed by atoms with Gasteiger partial charge in [-0.25, -0.2) is 0 Å². The third-order valence-corrected chi connectivity index (χ3v) is 3.54. The molecule has 0 aliphatic rings. The molecule has 3 rings (SSSR count). The zero-order chi connectivity index (χ0) is 11.7. The molecule has 3 heteroatoms. The minimum absolute atomic E-state index is 0.0804. The van der Waals surface area contributed by atoms with Crippen molar-refractivity contribution in [1.29, 1.82) is 0 Å². The van der Waals surface area contributed by atoms with Crippen LogP contribution in [0.25, 0.3) is 10.8 Å². The Kier molecular flexibility index (Phi) is 2.46. The van der Waals surface area contributed by atoms with E-state index in [2.05, 4.69) is 4.98 Å². The van der Waals surface area contributed by atoms with Crippen molar-refractivity contribution >= 4 is 27.9 Å². The molecule has 2 aromatic heterocycles. The van der Waals surface area contributed by atoms with Crippen LogP contribution in [0.4, 0.5) is 0 Å². The van der Waals surface area contributed by atoms with Gasteiger partial charge in [0.25, 0.3) is 0 Å². The number of ketones is 1. The summed E-state index contributed by atoms with van der Waals surface area (Å²) < 4.78 is 0. The smallest absolute Gasteiger partial charge is 0.203 e. The topological polar surface area (TPSA) is 30.0 Å². The van der Waals surface area contributed by atoms with Crippen molar-refractivity contribution in [2.45, 2.75) is 0 Å². The van der Waals surface area contributed by atoms with Crippen LogP contribution in [-0.4, -0.2) is 10.8 Å². The van der Waals surface area contributed by atoms with Crippen LogP contribution in [0, 0.1) is 0 Å². The predicted octanol–water partition coefficient (Wildman–Crippen LogP) is 3.53. The number of aromatic nitrogens is 1. The van der Waals surface area contributed by atoms with Crippen LogP contribution in [0.15, 0.2) is 54.2 Å². The standard InChI is InChI=1S/C14H9NOS/c16-14(13-5-2-8-17-13)12-4-1-3-10-9-15-7-6-11(10)12/h1-9H. The van der Waals surface area contributed by atoms with Gasteiger partial charge in [0.05, 0.1) is 4.88 Å². The van der Waals surface area contributed by atoms with Crippen molar-refractivity contribution in [2.75, 3.05) is 0 Å². The number of thiophene rings is 1. The summed E-state index contributed by atoms with van der Waals surface area (Å²) in [6.45, 7) is 0. The number of benzene rings is 1. The van der Waals surface area contributed by atoms with Crippen molar-refractivity contribution in [3.05, 3.63) is 64.6 Å². The van der Waals surface area contributed by atoms with E-state index in [1.165, 1.54) is 11.3 Å². The van der Waals surface area contributed by atoms with E-state index in [1.54, 1.807) is 12.4 Å². The van der Waals surface area contributed by atoms with Gasteiger partial charge in [-0.15, -0.1) is 11.3 Å². The van der Waals surface area contributed by atoms with Crippen LogP contribution in [0.3, 0.4) is 0 Å². The molecule has 0 radical (unpaired) electrons. The number of nitrogens with zero attached hydrogens (tertiary/aromatic N) is 1. The maximum absolute atomic E-state index is 12.3. The molecule has 0 N–H and O–H groups in total. The lowest BCUT2D eigenvalue weighted by Crippen LogP contribution is -1.99. The van der Waals surface area contributed by atoms with E-state index >= 15 is 0 Å². The number of rotatable bonds is 2. The number of fused-ring (bicyclic) bond motifs is 1. The molecule has 0 aliphatic heterocycles. The van der Waals surface area contributed by atoms with E-state index in [1.807, 2.05) is 41.8 Å². The van der Waals surface area contributed by atoms with Gasteiger partial charge in [0.1, 0.15) is 0 Å². The summed E-state index contributed by atoms with van der Waals surface area (Å²) >= 11 is 1.47. The Hall–Kier alpha value is -2.00. The van der Waals surface area contributed by atoms with Gasteiger partial charge in [-0.05, 0) is 22.9 Å². The van der Waals surface area contributed by atoms with Crippen molar-refractivity contribution in [1.82, 2.24) is 4.98 Å². The quantitative estimate of drug-likeness (QED) is 0.640. The molecule has 0 amide bonds. The van der Waals surface area contributed by atoms with Crippen LogP contribution in [0.1, 0.15) is 15.2 Å². The second-order valence-corrected chi connectivity index (χ2v) is 4.66. The number of hydrogen-bond donors (Lipinski definition) is 0. The average Bonchev–Trinajstić information content (AvgIpc) is 2.91. The van der Waals surface area contributed by atoms with Gasteiger partial charge in [0, 0.05) is 23.3 Å². The Morgan fingerprint density at radius 3 is 2.88 bits per heavy atom. The van der Waals surface area contributed by atoms with Crippen molar-refractivity contribution in [3.63, 3.8) is 0 Å². The Bertz CT molecular complexity index is 668. The second kappa shape index (κ2) is 4.11. The molecule has 3 aromatic rings. The van der Waals surface area contributed by atoms with Gasteiger partial charge in [0.15, 0.2) is 0 Å². The third-order valence-electron chi connectivity index (χ3n) is 2.67. The first kappa shape index (κ1) is 10.2. The lowest BCUT2D eigenvalue weighted by molar-refractivity contribution is 0.104. The van der Waals surface area contributed by atoms with Gasteiger partial charge in [0.2, 0.25) is 5.78 Å². The molecule has 17 heavy (non-hydrogen) atoms. The number of hydrogen-bond acceptors (Lipinski definition) is 3. The molecule has 2 nitrogen and oxygen atoms in total. The van der Waals surface area contributed by atoms with Gasteiger partial charge in [-0.1, -0.05) is 24.3 Å². The Labute approximate surface area is 103 Å². The van der Waals surface area contributed by atoms with Crippen LogP contribution in [0.2, 0.25) is 0 Å². The highest BCUT2D eigenvalue weighted by Gasteiger charge is 2.12. The highest BCUT2D eigenvalue weighted by atomic mass is 32.1. The fraction of sp³-hybridized carbons (Fsp3) is 0. The maximum Gasteiger partial charge on any atom is 0.203 e. The molecule has 0 saturated carbocycles. The molecule has 0 unspecified atom stereocenters. The molecule has 1 aromatic carbocycles. The summed E-state index contributed by atoms with van der Waals surface area (Å²) in [6.07, 6.45) is 3.49. The van der Waals surface area contributed by atoms with E-state index in [9.17, 15) is 4.79 Å². The first-order chi connectivity index (χ1) is 8.36. The van der Waals surface area contributed by atoms with Crippen molar-refractivity contribution in [2.24, 2.45) is 0 Å². The van der Waals surface area contributed by atoms with E-state index in [0.717, 1.165) is 21.2 Å². The first-order valence-corrected chi connectivity index (χ1v) is 6.15. The van der Waals surface area contributed by atoms with Crippen LogP contribution in [-0.2, 0) is 0 Å².